The van der Waals surface area contributed by atoms with Gasteiger partial charge in [-0.15, -0.1) is 0 Å². The quantitative estimate of drug-likeness (QED) is 0.649. The van der Waals surface area contributed by atoms with E-state index in [0.29, 0.717) is 17.0 Å². The average molecular weight is 388 g/mol. The molecule has 0 aromatic carbocycles. The second-order valence-corrected chi connectivity index (χ2v) is 8.29. The lowest BCUT2D eigenvalue weighted by Gasteiger charge is -2.32. The highest BCUT2D eigenvalue weighted by Gasteiger charge is 2.82. The summed E-state index contributed by atoms with van der Waals surface area (Å²) in [6.07, 6.45) is 3.20. The molecule has 1 aliphatic heterocycles. The van der Waals surface area contributed by atoms with E-state index in [2.05, 4.69) is 10.1 Å². The van der Waals surface area contributed by atoms with E-state index < -0.39 is 29.5 Å². The van der Waals surface area contributed by atoms with Crippen molar-refractivity contribution < 1.29 is 24.5 Å². The van der Waals surface area contributed by atoms with Crippen LogP contribution in [0.3, 0.4) is 0 Å². The Morgan fingerprint density at radius 2 is 2.11 bits per heavy atom. The van der Waals surface area contributed by atoms with Crippen molar-refractivity contribution in [3.05, 3.63) is 24.2 Å². The van der Waals surface area contributed by atoms with E-state index in [9.17, 15) is 15.0 Å². The molecule has 0 bridgehead atoms. The lowest BCUT2D eigenvalue weighted by molar-refractivity contribution is -0.169. The van der Waals surface area contributed by atoms with Crippen LogP contribution in [-0.4, -0.2) is 54.7 Å². The lowest BCUT2D eigenvalue weighted by atomic mass is 9.89. The van der Waals surface area contributed by atoms with Crippen LogP contribution in [0.2, 0.25) is 0 Å². The highest BCUT2D eigenvalue weighted by Crippen LogP contribution is 2.59. The summed E-state index contributed by atoms with van der Waals surface area (Å²) < 4.78 is 13.1. The Kier molecular flexibility index (Phi) is 3.75. The zero-order valence-electron chi connectivity index (χ0n) is 15.6. The second kappa shape index (κ2) is 5.88. The number of carbonyl (C=O) groups excluding carboxylic acids is 1. The number of hydrogen-bond acceptors (Lipinski definition) is 8. The summed E-state index contributed by atoms with van der Waals surface area (Å²) in [5.74, 6) is -0.129. The number of nitrogens with two attached hydrogens (primary N) is 1. The number of fused-ring (bicyclic) bond motifs is 2. The Labute approximate surface area is 161 Å². The Morgan fingerprint density at radius 3 is 2.79 bits per heavy atom. The van der Waals surface area contributed by atoms with Crippen LogP contribution in [0.4, 0.5) is 5.82 Å². The number of carbonyl (C=O) groups is 1. The SMILES string of the molecule is C[C@@]1(c2ccc3c(N)ncnn23)O[C@@H]2C(OC(=O)C3CCCCC3)[C@]2(O)[C@H]1O. The number of esters is 1. The van der Waals surface area contributed by atoms with E-state index in [1.807, 2.05) is 0 Å². The molecule has 3 heterocycles. The molecule has 0 amide bonds. The molecule has 0 spiro atoms. The molecule has 2 aromatic heterocycles. The number of aliphatic hydroxyl groups is 2. The van der Waals surface area contributed by atoms with Gasteiger partial charge in [0.05, 0.1) is 11.6 Å². The molecule has 2 aliphatic carbocycles. The average Bonchev–Trinajstić information content (AvgIpc) is 3.00. The summed E-state index contributed by atoms with van der Waals surface area (Å²) in [5, 5.41) is 26.1. The summed E-state index contributed by atoms with van der Waals surface area (Å²) in [5.41, 5.74) is 4.16. The highest BCUT2D eigenvalue weighted by molar-refractivity contribution is 5.73. The van der Waals surface area contributed by atoms with E-state index >= 15 is 0 Å². The number of aromatic nitrogens is 3. The van der Waals surface area contributed by atoms with Gasteiger partial charge in [0.1, 0.15) is 29.7 Å². The Balaban J connectivity index is 1.37. The summed E-state index contributed by atoms with van der Waals surface area (Å²) in [6, 6.07) is 3.47. The molecule has 3 fully saturated rings. The maximum absolute atomic E-state index is 12.4. The van der Waals surface area contributed by atoms with Gasteiger partial charge in [-0.2, -0.15) is 5.10 Å². The van der Waals surface area contributed by atoms with Crippen LogP contribution in [0.5, 0.6) is 0 Å². The van der Waals surface area contributed by atoms with E-state index in [0.717, 1.165) is 32.1 Å². The van der Waals surface area contributed by atoms with Crippen molar-refractivity contribution >= 4 is 17.3 Å². The molecule has 9 heteroatoms. The summed E-state index contributed by atoms with van der Waals surface area (Å²) in [6.45, 7) is 1.68. The van der Waals surface area contributed by atoms with E-state index in [4.69, 9.17) is 15.2 Å². The maximum atomic E-state index is 12.4. The van der Waals surface area contributed by atoms with Gasteiger partial charge in [0.25, 0.3) is 0 Å². The fraction of sp³-hybridized carbons (Fsp3) is 0.632. The minimum absolute atomic E-state index is 0.128. The number of nitrogen functional groups attached to an aromatic ring is 1. The third kappa shape index (κ3) is 2.26. The molecule has 5 atom stereocenters. The first-order chi connectivity index (χ1) is 13.4. The molecule has 3 aliphatic rings. The van der Waals surface area contributed by atoms with Crippen LogP contribution in [-0.2, 0) is 19.9 Å². The molecule has 150 valence electrons. The predicted octanol–water partition coefficient (Wildman–Crippen LogP) is 0.523. The third-order valence-electron chi connectivity index (χ3n) is 6.58. The largest absolute Gasteiger partial charge is 0.456 e. The third-order valence-corrected chi connectivity index (χ3v) is 6.58. The van der Waals surface area contributed by atoms with Crippen LogP contribution in [0.1, 0.15) is 44.7 Å². The first-order valence-corrected chi connectivity index (χ1v) is 9.75. The highest BCUT2D eigenvalue weighted by atomic mass is 16.6. The van der Waals surface area contributed by atoms with Gasteiger partial charge in [-0.1, -0.05) is 19.3 Å². The smallest absolute Gasteiger partial charge is 0.309 e. The zero-order chi connectivity index (χ0) is 19.7. The molecule has 9 nitrogen and oxygen atoms in total. The van der Waals surface area contributed by atoms with Crippen LogP contribution < -0.4 is 5.73 Å². The van der Waals surface area contributed by atoms with Crippen molar-refractivity contribution in [2.45, 2.75) is 68.5 Å². The summed E-state index contributed by atoms with van der Waals surface area (Å²) in [4.78, 5) is 16.4. The van der Waals surface area contributed by atoms with E-state index in [1.54, 1.807) is 23.6 Å². The Bertz CT molecular complexity index is 942. The monoisotopic (exact) mass is 388 g/mol. The molecule has 0 radical (unpaired) electrons. The standard InChI is InChI=1S/C19H24N4O5/c1-18(12-8-7-11-15(20)21-9-22-23(11)12)17(25)19(26)13(14(19)28-18)27-16(24)10-5-3-2-4-6-10/h7-10,13-14,17,25-26H,2-6H2,1H3,(H2,20,21,22)/t13?,14-,17+,18+,19-/m1/s1. The maximum Gasteiger partial charge on any atom is 0.309 e. The van der Waals surface area contributed by atoms with Crippen LogP contribution >= 0.6 is 0 Å². The zero-order valence-corrected chi connectivity index (χ0v) is 15.6. The summed E-state index contributed by atoms with van der Waals surface area (Å²) in [7, 11) is 0. The molecule has 1 unspecified atom stereocenters. The first kappa shape index (κ1) is 17.8. The fourth-order valence-electron chi connectivity index (χ4n) is 4.81. The number of rotatable bonds is 3. The van der Waals surface area contributed by atoms with Gasteiger partial charge in [0.2, 0.25) is 0 Å². The van der Waals surface area contributed by atoms with Crippen LogP contribution in [0, 0.1) is 5.92 Å². The molecule has 2 saturated carbocycles. The van der Waals surface area contributed by atoms with Crippen LogP contribution in [0.15, 0.2) is 18.5 Å². The minimum atomic E-state index is -1.62. The number of aliphatic hydroxyl groups excluding tert-OH is 1. The van der Waals surface area contributed by atoms with Crippen molar-refractivity contribution in [1.82, 2.24) is 14.6 Å². The van der Waals surface area contributed by atoms with Crippen molar-refractivity contribution in [2.75, 3.05) is 5.73 Å². The molecular weight excluding hydrogens is 364 g/mol. The predicted molar refractivity (Wildman–Crippen MR) is 97.0 cm³/mol. The van der Waals surface area contributed by atoms with Crippen molar-refractivity contribution in [3.8, 4) is 0 Å². The molecular formula is C19H24N4O5. The van der Waals surface area contributed by atoms with Crippen LogP contribution in [0.25, 0.3) is 5.52 Å². The van der Waals surface area contributed by atoms with Crippen molar-refractivity contribution in [2.24, 2.45) is 5.92 Å². The van der Waals surface area contributed by atoms with Gasteiger partial charge < -0.3 is 25.4 Å². The van der Waals surface area contributed by atoms with Crippen molar-refractivity contribution in [3.63, 3.8) is 0 Å². The van der Waals surface area contributed by atoms with Gasteiger partial charge >= 0.3 is 5.97 Å². The van der Waals surface area contributed by atoms with Gasteiger partial charge in [-0.25, -0.2) is 9.50 Å². The van der Waals surface area contributed by atoms with E-state index in [-0.39, 0.29) is 11.9 Å². The molecule has 2 aromatic rings. The van der Waals surface area contributed by atoms with Gasteiger partial charge in [0, 0.05) is 0 Å². The number of anilines is 1. The number of nitrogens with zero attached hydrogens (tertiary/aromatic N) is 3. The van der Waals surface area contributed by atoms with Gasteiger partial charge in [0.15, 0.2) is 17.5 Å². The first-order valence-electron chi connectivity index (χ1n) is 9.75. The number of ether oxygens (including phenoxy) is 2. The molecule has 4 N–H and O–H groups in total. The number of hydrogen-bond donors (Lipinski definition) is 3. The lowest BCUT2D eigenvalue weighted by Crippen LogP contribution is -2.46. The normalized spacial score (nSPS) is 37.8. The van der Waals surface area contributed by atoms with Gasteiger partial charge in [-0.3, -0.25) is 4.79 Å². The van der Waals surface area contributed by atoms with Gasteiger partial charge in [-0.05, 0) is 31.9 Å². The van der Waals surface area contributed by atoms with E-state index in [1.165, 1.54) is 6.33 Å². The minimum Gasteiger partial charge on any atom is -0.456 e. The molecule has 28 heavy (non-hydrogen) atoms. The second-order valence-electron chi connectivity index (χ2n) is 8.29. The Morgan fingerprint density at radius 1 is 1.36 bits per heavy atom. The Hall–Kier alpha value is -2.23. The fourth-order valence-corrected chi connectivity index (χ4v) is 4.81. The van der Waals surface area contributed by atoms with Crippen molar-refractivity contribution in [1.29, 1.82) is 0 Å². The molecule has 5 rings (SSSR count). The molecule has 1 saturated heterocycles. The topological polar surface area (TPSA) is 132 Å². The summed E-state index contributed by atoms with van der Waals surface area (Å²) >= 11 is 0.